The largest absolute Gasteiger partial charge is 0.480 e. The Hall–Kier alpha value is -1.48. The summed E-state index contributed by atoms with van der Waals surface area (Å²) in [6, 6.07) is -1.28. The zero-order valence-corrected chi connectivity index (χ0v) is 12.3. The molecule has 1 aliphatic heterocycles. The monoisotopic (exact) mass is 305 g/mol. The van der Waals surface area contributed by atoms with Crippen molar-refractivity contribution in [2.75, 3.05) is 45.5 Å². The molecule has 114 valence electrons. The maximum absolute atomic E-state index is 12.1. The van der Waals surface area contributed by atoms with Gasteiger partial charge in [-0.1, -0.05) is 0 Å². The summed E-state index contributed by atoms with van der Waals surface area (Å²) in [4.78, 5) is 37.1. The van der Waals surface area contributed by atoms with Crippen molar-refractivity contribution in [2.24, 2.45) is 0 Å². The molecular formula is C11H19N3O5S. The Labute approximate surface area is 121 Å². The van der Waals surface area contributed by atoms with Gasteiger partial charge in [-0.15, -0.1) is 11.8 Å². The number of nitrogens with zero attached hydrogens (tertiary/aromatic N) is 2. The third-order valence-corrected chi connectivity index (χ3v) is 3.76. The zero-order chi connectivity index (χ0) is 15.1. The van der Waals surface area contributed by atoms with Crippen molar-refractivity contribution in [1.82, 2.24) is 15.1 Å². The van der Waals surface area contributed by atoms with Crippen LogP contribution >= 0.6 is 11.8 Å². The number of carbonyl (C=O) groups is 3. The lowest BCUT2D eigenvalue weighted by atomic mass is 10.3. The van der Waals surface area contributed by atoms with Crippen LogP contribution in [0.4, 0.5) is 4.79 Å². The van der Waals surface area contributed by atoms with Gasteiger partial charge in [0, 0.05) is 26.5 Å². The molecule has 0 aliphatic carbocycles. The van der Waals surface area contributed by atoms with Gasteiger partial charge in [0.05, 0.1) is 12.5 Å². The third-order valence-electron chi connectivity index (χ3n) is 2.75. The third kappa shape index (κ3) is 4.57. The van der Waals surface area contributed by atoms with Crippen molar-refractivity contribution >= 4 is 29.7 Å². The van der Waals surface area contributed by atoms with Gasteiger partial charge in [-0.25, -0.2) is 9.59 Å². The summed E-state index contributed by atoms with van der Waals surface area (Å²) in [5.41, 5.74) is 0. The molecule has 0 bridgehead atoms. The average Bonchev–Trinajstić information content (AvgIpc) is 2.87. The highest BCUT2D eigenvalue weighted by molar-refractivity contribution is 7.99. The number of hydrogen-bond acceptors (Lipinski definition) is 5. The number of ether oxygens (including phenoxy) is 1. The van der Waals surface area contributed by atoms with E-state index in [0.717, 1.165) is 0 Å². The lowest BCUT2D eigenvalue weighted by Crippen LogP contribution is -2.49. The lowest BCUT2D eigenvalue weighted by molar-refractivity contribution is -0.140. The number of methoxy groups -OCH3 is 1. The molecule has 2 N–H and O–H groups in total. The maximum atomic E-state index is 12.1. The fourth-order valence-electron chi connectivity index (χ4n) is 1.69. The molecule has 8 nitrogen and oxygen atoms in total. The highest BCUT2D eigenvalue weighted by Crippen LogP contribution is 2.22. The first-order valence-electron chi connectivity index (χ1n) is 6.05. The minimum absolute atomic E-state index is 0.115. The van der Waals surface area contributed by atoms with Crippen molar-refractivity contribution in [2.45, 2.75) is 6.04 Å². The summed E-state index contributed by atoms with van der Waals surface area (Å²) in [7, 11) is 3.00. The van der Waals surface area contributed by atoms with Crippen LogP contribution in [-0.4, -0.2) is 84.3 Å². The van der Waals surface area contributed by atoms with Gasteiger partial charge < -0.3 is 25.0 Å². The van der Waals surface area contributed by atoms with Gasteiger partial charge in [0.15, 0.2) is 0 Å². The molecule has 1 fully saturated rings. The van der Waals surface area contributed by atoms with Crippen LogP contribution in [0.5, 0.6) is 0 Å². The Balaban J connectivity index is 2.46. The second-order valence-electron chi connectivity index (χ2n) is 4.31. The van der Waals surface area contributed by atoms with Crippen molar-refractivity contribution in [3.63, 3.8) is 0 Å². The Morgan fingerprint density at radius 1 is 1.50 bits per heavy atom. The molecule has 0 unspecified atom stereocenters. The standard InChI is InChI=1S/C11H19N3O5S/c1-13(5-9(15)12-3-4-19-2)11(18)14-7-20-6-8(14)10(16)17/h8H,3-7H2,1-2H3,(H,12,15)(H,16,17)/t8-/m0/s1. The van der Waals surface area contributed by atoms with Gasteiger partial charge in [0.1, 0.15) is 12.6 Å². The first-order chi connectivity index (χ1) is 9.47. The number of urea groups is 1. The van der Waals surface area contributed by atoms with E-state index in [2.05, 4.69) is 5.32 Å². The SMILES string of the molecule is COCCNC(=O)CN(C)C(=O)N1CSC[C@H]1C(=O)O. The van der Waals surface area contributed by atoms with Gasteiger partial charge in [-0.05, 0) is 0 Å². The normalized spacial score (nSPS) is 17.9. The molecule has 1 aliphatic rings. The van der Waals surface area contributed by atoms with E-state index < -0.39 is 18.0 Å². The maximum Gasteiger partial charge on any atom is 0.327 e. The highest BCUT2D eigenvalue weighted by atomic mass is 32.2. The van der Waals surface area contributed by atoms with Crippen molar-refractivity contribution in [1.29, 1.82) is 0 Å². The van der Waals surface area contributed by atoms with Crippen molar-refractivity contribution in [3.05, 3.63) is 0 Å². The van der Waals surface area contributed by atoms with Crippen LogP contribution in [-0.2, 0) is 14.3 Å². The predicted molar refractivity (Wildman–Crippen MR) is 73.5 cm³/mol. The number of hydrogen-bond donors (Lipinski definition) is 2. The molecule has 1 atom stereocenters. The van der Waals surface area contributed by atoms with E-state index in [1.165, 1.54) is 35.7 Å². The van der Waals surface area contributed by atoms with E-state index in [4.69, 9.17) is 9.84 Å². The summed E-state index contributed by atoms with van der Waals surface area (Å²) >= 11 is 1.38. The Morgan fingerprint density at radius 3 is 2.80 bits per heavy atom. The van der Waals surface area contributed by atoms with Crippen LogP contribution in [0.25, 0.3) is 0 Å². The molecule has 9 heteroatoms. The van der Waals surface area contributed by atoms with E-state index in [0.29, 0.717) is 24.8 Å². The average molecular weight is 305 g/mol. The molecule has 0 aromatic rings. The number of carboxylic acids is 1. The molecule has 0 aromatic heterocycles. The second kappa shape index (κ2) is 7.95. The molecule has 1 saturated heterocycles. The van der Waals surface area contributed by atoms with Crippen LogP contribution in [0.15, 0.2) is 0 Å². The quantitative estimate of drug-likeness (QED) is 0.627. The molecule has 0 saturated carbocycles. The van der Waals surface area contributed by atoms with Crippen LogP contribution in [0.2, 0.25) is 0 Å². The molecule has 0 aromatic carbocycles. The first kappa shape index (κ1) is 16.6. The van der Waals surface area contributed by atoms with Crippen LogP contribution in [0, 0.1) is 0 Å². The summed E-state index contributed by atoms with van der Waals surface area (Å²) < 4.78 is 4.79. The lowest BCUT2D eigenvalue weighted by Gasteiger charge is -2.26. The molecular weight excluding hydrogens is 286 g/mol. The minimum atomic E-state index is -1.03. The molecule has 1 rings (SSSR count). The fraction of sp³-hybridized carbons (Fsp3) is 0.727. The summed E-state index contributed by atoms with van der Waals surface area (Å²) in [6.07, 6.45) is 0. The Bertz CT molecular complexity index is 379. The molecule has 1 heterocycles. The molecule has 20 heavy (non-hydrogen) atoms. The van der Waals surface area contributed by atoms with Crippen LogP contribution in [0.3, 0.4) is 0 Å². The van der Waals surface area contributed by atoms with Crippen LogP contribution in [0.1, 0.15) is 0 Å². The predicted octanol–water partition coefficient (Wildman–Crippen LogP) is -0.740. The Kier molecular flexibility index (Phi) is 6.59. The number of rotatable bonds is 6. The summed E-state index contributed by atoms with van der Waals surface area (Å²) in [6.45, 7) is 0.651. The van der Waals surface area contributed by atoms with E-state index in [1.807, 2.05) is 0 Å². The smallest absolute Gasteiger partial charge is 0.327 e. The molecule has 3 amide bonds. The minimum Gasteiger partial charge on any atom is -0.480 e. The number of aliphatic carboxylic acids is 1. The van der Waals surface area contributed by atoms with Gasteiger partial charge >= 0.3 is 12.0 Å². The first-order valence-corrected chi connectivity index (χ1v) is 7.20. The fourth-order valence-corrected chi connectivity index (χ4v) is 2.82. The van der Waals surface area contributed by atoms with Gasteiger partial charge in [-0.2, -0.15) is 0 Å². The second-order valence-corrected chi connectivity index (χ2v) is 5.30. The highest BCUT2D eigenvalue weighted by Gasteiger charge is 2.36. The number of carbonyl (C=O) groups excluding carboxylic acids is 2. The van der Waals surface area contributed by atoms with Crippen molar-refractivity contribution in [3.8, 4) is 0 Å². The number of amides is 3. The number of thioether (sulfide) groups is 1. The number of nitrogens with one attached hydrogen (secondary N) is 1. The number of likely N-dealkylation sites (N-methyl/N-ethyl adjacent to an activating group) is 1. The topological polar surface area (TPSA) is 99.2 Å². The van der Waals surface area contributed by atoms with E-state index in [9.17, 15) is 14.4 Å². The van der Waals surface area contributed by atoms with E-state index in [1.54, 1.807) is 0 Å². The van der Waals surface area contributed by atoms with Gasteiger partial charge in [0.25, 0.3) is 0 Å². The molecule has 0 radical (unpaired) electrons. The summed E-state index contributed by atoms with van der Waals surface area (Å²) in [5, 5.41) is 11.6. The van der Waals surface area contributed by atoms with Gasteiger partial charge in [0.2, 0.25) is 5.91 Å². The van der Waals surface area contributed by atoms with Crippen molar-refractivity contribution < 1.29 is 24.2 Å². The zero-order valence-electron chi connectivity index (χ0n) is 11.5. The van der Waals surface area contributed by atoms with E-state index in [-0.39, 0.29) is 12.5 Å². The van der Waals surface area contributed by atoms with Gasteiger partial charge in [-0.3, -0.25) is 4.79 Å². The number of carboxylic acid groups (broad SMARTS) is 1. The summed E-state index contributed by atoms with van der Waals surface area (Å²) in [5.74, 6) is -0.640. The van der Waals surface area contributed by atoms with Crippen LogP contribution < -0.4 is 5.32 Å². The van der Waals surface area contributed by atoms with E-state index >= 15 is 0 Å². The molecule has 0 spiro atoms. The Morgan fingerprint density at radius 2 is 2.20 bits per heavy atom.